The molecule has 3 N–H and O–H groups in total. The molecule has 0 fully saturated rings. The van der Waals surface area contributed by atoms with E-state index in [-0.39, 0.29) is 29.5 Å². The van der Waals surface area contributed by atoms with E-state index in [4.69, 9.17) is 4.74 Å². The van der Waals surface area contributed by atoms with Gasteiger partial charge in [-0.05, 0) is 85.1 Å². The Morgan fingerprint density at radius 2 is 1.67 bits per heavy atom. The number of nitro benzene ring substituents is 1. The lowest BCUT2D eigenvalue weighted by Crippen LogP contribution is -2.39. The van der Waals surface area contributed by atoms with Gasteiger partial charge in [0.15, 0.2) is 5.75 Å². The van der Waals surface area contributed by atoms with Crippen LogP contribution in [0.1, 0.15) is 35.3 Å². The van der Waals surface area contributed by atoms with Gasteiger partial charge in [0, 0.05) is 18.2 Å². The molecule has 0 aliphatic carbocycles. The van der Waals surface area contributed by atoms with Crippen LogP contribution >= 0.6 is 0 Å². The summed E-state index contributed by atoms with van der Waals surface area (Å²) >= 11 is 0. The summed E-state index contributed by atoms with van der Waals surface area (Å²) in [4.78, 5) is 37.0. The van der Waals surface area contributed by atoms with Crippen LogP contribution in [0.3, 0.4) is 0 Å². The number of hydrogen-bond acceptors (Lipinski definition) is 6. The minimum Gasteiger partial charge on any atom is -0.490 e. The van der Waals surface area contributed by atoms with Crippen LogP contribution in [0.2, 0.25) is 0 Å². The maximum absolute atomic E-state index is 14.0. The zero-order valence-electron chi connectivity index (χ0n) is 22.9. The predicted octanol–water partition coefficient (Wildman–Crippen LogP) is 6.45. The Morgan fingerprint density at radius 1 is 0.929 bits per heavy atom. The first-order chi connectivity index (χ1) is 20.0. The first-order valence-corrected chi connectivity index (χ1v) is 12.9. The molecule has 0 saturated heterocycles. The average molecular weight is 573 g/mol. The quantitative estimate of drug-likeness (QED) is 0.173. The molecule has 0 saturated carbocycles. The van der Waals surface area contributed by atoms with Crippen molar-refractivity contribution in [2.75, 3.05) is 17.7 Å². The lowest BCUT2D eigenvalue weighted by atomic mass is 9.83. The summed E-state index contributed by atoms with van der Waals surface area (Å²) in [7, 11) is 1.35. The molecule has 0 radical (unpaired) electrons. The number of nitrogens with zero attached hydrogens (tertiary/aromatic N) is 1. The van der Waals surface area contributed by atoms with Gasteiger partial charge in [-0.15, -0.1) is 0 Å². The van der Waals surface area contributed by atoms with E-state index in [0.717, 1.165) is 18.2 Å². The molecule has 0 unspecified atom stereocenters. The van der Waals surface area contributed by atoms with Gasteiger partial charge < -0.3 is 20.7 Å². The molecule has 42 heavy (non-hydrogen) atoms. The fourth-order valence-corrected chi connectivity index (χ4v) is 4.72. The highest BCUT2D eigenvalue weighted by molar-refractivity contribution is 6.12. The highest BCUT2D eigenvalue weighted by Gasteiger charge is 2.31. The van der Waals surface area contributed by atoms with Gasteiger partial charge in [0.2, 0.25) is 5.91 Å². The Hall–Kier alpha value is -5.32. The minimum atomic E-state index is -1.07. The van der Waals surface area contributed by atoms with Crippen LogP contribution < -0.4 is 20.7 Å². The van der Waals surface area contributed by atoms with E-state index in [9.17, 15) is 28.5 Å². The Bertz CT molecular complexity index is 1760. The summed E-state index contributed by atoms with van der Waals surface area (Å²) in [5, 5.41) is 20.1. The molecule has 5 rings (SSSR count). The monoisotopic (exact) mass is 572 g/mol. The Kier molecular flexibility index (Phi) is 7.34. The van der Waals surface area contributed by atoms with Crippen molar-refractivity contribution in [2.24, 2.45) is 0 Å². The molecule has 0 spiro atoms. The Labute approximate surface area is 239 Å². The van der Waals surface area contributed by atoms with Gasteiger partial charge in [-0.3, -0.25) is 19.7 Å². The number of halogens is 2. The SMILES string of the molecule is COc1cc(-c2ccc3c(c2)Nc2cc(C(C)(C)C(=O)NCc4cc(F)ccc4F)ccc2NC3=O)ccc1[N+](=O)[O-]. The summed E-state index contributed by atoms with van der Waals surface area (Å²) in [5.74, 6) is -1.86. The Balaban J connectivity index is 1.43. The van der Waals surface area contributed by atoms with Crippen molar-refractivity contribution in [1.29, 1.82) is 0 Å². The van der Waals surface area contributed by atoms with Crippen molar-refractivity contribution in [2.45, 2.75) is 25.8 Å². The van der Waals surface area contributed by atoms with Gasteiger partial charge in [-0.2, -0.15) is 0 Å². The third-order valence-electron chi connectivity index (χ3n) is 7.25. The second-order valence-electron chi connectivity index (χ2n) is 10.3. The normalized spacial score (nSPS) is 12.3. The number of anilines is 3. The van der Waals surface area contributed by atoms with E-state index in [1.54, 1.807) is 62.4 Å². The van der Waals surface area contributed by atoms with Crippen LogP contribution in [0.15, 0.2) is 72.8 Å². The third-order valence-corrected chi connectivity index (χ3v) is 7.25. The van der Waals surface area contributed by atoms with E-state index in [2.05, 4.69) is 16.0 Å². The molecule has 2 amide bonds. The highest BCUT2D eigenvalue weighted by Crippen LogP contribution is 2.39. The van der Waals surface area contributed by atoms with Crippen molar-refractivity contribution >= 4 is 34.6 Å². The molecule has 4 aromatic carbocycles. The third kappa shape index (κ3) is 5.36. The maximum atomic E-state index is 14.0. The van der Waals surface area contributed by atoms with E-state index in [0.29, 0.717) is 39.3 Å². The number of benzene rings is 4. The van der Waals surface area contributed by atoms with Gasteiger partial charge in [-0.25, -0.2) is 8.78 Å². The number of hydrogen-bond donors (Lipinski definition) is 3. The number of rotatable bonds is 7. The molecule has 4 aromatic rings. The number of carbonyl (C=O) groups excluding carboxylic acids is 2. The summed E-state index contributed by atoms with van der Waals surface area (Å²) in [5.41, 5.74) is 2.63. The van der Waals surface area contributed by atoms with E-state index in [1.807, 2.05) is 0 Å². The first-order valence-electron chi connectivity index (χ1n) is 12.9. The molecule has 214 valence electrons. The Morgan fingerprint density at radius 3 is 2.40 bits per heavy atom. The summed E-state index contributed by atoms with van der Waals surface area (Å²) in [6.07, 6.45) is 0. The molecule has 0 atom stereocenters. The zero-order chi connectivity index (χ0) is 30.2. The smallest absolute Gasteiger partial charge is 0.310 e. The van der Waals surface area contributed by atoms with E-state index in [1.165, 1.54) is 13.2 Å². The number of nitro groups is 1. The molecule has 0 bridgehead atoms. The molecule has 1 aliphatic rings. The fourth-order valence-electron chi connectivity index (χ4n) is 4.72. The standard InChI is InChI=1S/C31H26F2N4O5/c1-31(2,30(39)34-16-19-12-21(32)7-9-23(19)33)20-6-10-24-26(15-20)35-25-13-17(4-8-22(25)29(38)36-24)18-5-11-27(37(40)41)28(14-18)42-3/h4-15,35H,16H2,1-3H3,(H,34,39)(H,36,38). The maximum Gasteiger partial charge on any atom is 0.310 e. The van der Waals surface area contributed by atoms with Crippen molar-refractivity contribution in [3.05, 3.63) is 111 Å². The lowest BCUT2D eigenvalue weighted by Gasteiger charge is -2.25. The van der Waals surface area contributed by atoms with Gasteiger partial charge in [0.25, 0.3) is 5.91 Å². The average Bonchev–Trinajstić information content (AvgIpc) is 3.11. The lowest BCUT2D eigenvalue weighted by molar-refractivity contribution is -0.385. The highest BCUT2D eigenvalue weighted by atomic mass is 19.1. The molecule has 1 aliphatic heterocycles. The number of methoxy groups -OCH3 is 1. The molecular formula is C31H26F2N4O5. The second kappa shape index (κ2) is 10.9. The van der Waals surface area contributed by atoms with Crippen molar-refractivity contribution in [3.63, 3.8) is 0 Å². The number of fused-ring (bicyclic) bond motifs is 2. The summed E-state index contributed by atoms with van der Waals surface area (Å²) < 4.78 is 32.8. The second-order valence-corrected chi connectivity index (χ2v) is 10.3. The number of carbonyl (C=O) groups is 2. The minimum absolute atomic E-state index is 0.0310. The van der Waals surface area contributed by atoms with Gasteiger partial charge >= 0.3 is 5.69 Å². The summed E-state index contributed by atoms with van der Waals surface area (Å²) in [6, 6.07) is 17.9. The number of nitrogens with one attached hydrogen (secondary N) is 3. The molecular weight excluding hydrogens is 546 g/mol. The number of amides is 2. The summed E-state index contributed by atoms with van der Waals surface area (Å²) in [6.45, 7) is 3.22. The largest absolute Gasteiger partial charge is 0.490 e. The number of ether oxygens (including phenoxy) is 1. The van der Waals surface area contributed by atoms with Crippen LogP contribution in [-0.2, 0) is 16.8 Å². The van der Waals surface area contributed by atoms with Crippen LogP contribution in [-0.4, -0.2) is 23.8 Å². The van der Waals surface area contributed by atoms with Crippen LogP contribution in [0.5, 0.6) is 5.75 Å². The molecule has 9 nitrogen and oxygen atoms in total. The van der Waals surface area contributed by atoms with E-state index < -0.39 is 27.9 Å². The van der Waals surface area contributed by atoms with E-state index >= 15 is 0 Å². The predicted molar refractivity (Wildman–Crippen MR) is 154 cm³/mol. The van der Waals surface area contributed by atoms with Crippen LogP contribution in [0, 0.1) is 21.7 Å². The first kappa shape index (κ1) is 28.2. The topological polar surface area (TPSA) is 123 Å². The zero-order valence-corrected chi connectivity index (χ0v) is 22.9. The molecule has 11 heteroatoms. The van der Waals surface area contributed by atoms with Crippen LogP contribution in [0.4, 0.5) is 31.5 Å². The van der Waals surface area contributed by atoms with Crippen molar-refractivity contribution in [3.8, 4) is 16.9 Å². The van der Waals surface area contributed by atoms with Gasteiger partial charge in [0.1, 0.15) is 11.6 Å². The van der Waals surface area contributed by atoms with Crippen molar-refractivity contribution < 1.29 is 28.0 Å². The fraction of sp³-hybridized carbons (Fsp3) is 0.161. The van der Waals surface area contributed by atoms with Crippen molar-refractivity contribution in [1.82, 2.24) is 5.32 Å². The van der Waals surface area contributed by atoms with Crippen LogP contribution in [0.25, 0.3) is 11.1 Å². The van der Waals surface area contributed by atoms with Gasteiger partial charge in [-0.1, -0.05) is 12.1 Å². The molecule has 1 heterocycles. The van der Waals surface area contributed by atoms with Gasteiger partial charge in [0.05, 0.1) is 40.1 Å². The molecule has 0 aromatic heterocycles.